The van der Waals surface area contributed by atoms with Gasteiger partial charge in [0, 0.05) is 4.88 Å². The number of ether oxygens (including phenoxy) is 1. The quantitative estimate of drug-likeness (QED) is 0.505. The molecule has 0 unspecified atom stereocenters. The largest absolute Gasteiger partial charge is 0.483 e. The molecule has 154 valence electrons. The number of rotatable bonds is 6. The van der Waals surface area contributed by atoms with Crippen molar-refractivity contribution in [3.8, 4) is 16.9 Å². The Balaban J connectivity index is 1.43. The molecule has 0 radical (unpaired) electrons. The minimum Gasteiger partial charge on any atom is -0.483 e. The van der Waals surface area contributed by atoms with E-state index in [1.807, 2.05) is 48.5 Å². The van der Waals surface area contributed by atoms with E-state index in [0.717, 1.165) is 51.7 Å². The number of hydrogen-bond acceptors (Lipinski definition) is 4. The Bertz CT molecular complexity index is 1100. The van der Waals surface area contributed by atoms with Gasteiger partial charge in [-0.25, -0.2) is 0 Å². The van der Waals surface area contributed by atoms with Gasteiger partial charge in [-0.15, -0.1) is 11.3 Å². The minimum absolute atomic E-state index is 0.163. The molecule has 1 aliphatic carbocycles. The zero-order valence-corrected chi connectivity index (χ0v) is 18.6. The van der Waals surface area contributed by atoms with Crippen LogP contribution in [-0.2, 0) is 17.6 Å². The summed E-state index contributed by atoms with van der Waals surface area (Å²) in [5, 5.41) is 3.34. The molecule has 1 heterocycles. The van der Waals surface area contributed by atoms with Crippen LogP contribution in [0.2, 0.25) is 0 Å². The van der Waals surface area contributed by atoms with Crippen LogP contribution < -0.4 is 15.8 Å². The van der Waals surface area contributed by atoms with E-state index in [0.29, 0.717) is 16.3 Å². The van der Waals surface area contributed by atoms with Crippen molar-refractivity contribution < 1.29 is 14.3 Å². The van der Waals surface area contributed by atoms with Gasteiger partial charge >= 0.3 is 0 Å². The molecular weight excluding hydrogens is 464 g/mol. The average Bonchev–Trinajstić information content (AvgIpc) is 3.11. The second-order valence-electron chi connectivity index (χ2n) is 7.13. The molecular formula is C23H21BrN2O3S. The zero-order chi connectivity index (χ0) is 21.1. The first-order valence-corrected chi connectivity index (χ1v) is 11.4. The van der Waals surface area contributed by atoms with Gasteiger partial charge in [0.2, 0.25) is 0 Å². The van der Waals surface area contributed by atoms with Crippen LogP contribution in [0.1, 0.15) is 33.6 Å². The Labute approximate surface area is 187 Å². The molecule has 2 aromatic carbocycles. The first kappa shape index (κ1) is 20.6. The molecule has 0 fully saturated rings. The SMILES string of the molecule is NC(=O)c1c(NC(=O)COc2ccc(-c3ccccc3)cc2Br)sc2c1CCCC2. The number of carbonyl (C=O) groups excluding carboxylic acids is 2. The normalized spacial score (nSPS) is 12.8. The van der Waals surface area contributed by atoms with E-state index in [1.54, 1.807) is 0 Å². The summed E-state index contributed by atoms with van der Waals surface area (Å²) in [6, 6.07) is 15.8. The van der Waals surface area contributed by atoms with E-state index in [9.17, 15) is 9.59 Å². The van der Waals surface area contributed by atoms with Crippen molar-refractivity contribution in [2.24, 2.45) is 5.73 Å². The summed E-state index contributed by atoms with van der Waals surface area (Å²) in [6.07, 6.45) is 3.88. The van der Waals surface area contributed by atoms with E-state index < -0.39 is 5.91 Å². The average molecular weight is 485 g/mol. The molecule has 4 rings (SSSR count). The Hall–Kier alpha value is -2.64. The number of fused-ring (bicyclic) bond motifs is 1. The number of hydrogen-bond donors (Lipinski definition) is 2. The molecule has 0 saturated heterocycles. The molecule has 3 aromatic rings. The molecule has 0 aliphatic heterocycles. The van der Waals surface area contributed by atoms with Crippen LogP contribution in [0, 0.1) is 0 Å². The second-order valence-corrected chi connectivity index (χ2v) is 9.09. The van der Waals surface area contributed by atoms with Crippen LogP contribution in [0.4, 0.5) is 5.00 Å². The number of anilines is 1. The topological polar surface area (TPSA) is 81.4 Å². The van der Waals surface area contributed by atoms with Crippen LogP contribution in [-0.4, -0.2) is 18.4 Å². The van der Waals surface area contributed by atoms with Gasteiger partial charge in [-0.3, -0.25) is 9.59 Å². The van der Waals surface area contributed by atoms with Gasteiger partial charge in [-0.2, -0.15) is 0 Å². The standard InChI is InChI=1S/C23H21BrN2O3S/c24-17-12-15(14-6-2-1-3-7-14)10-11-18(17)29-13-20(27)26-23-21(22(25)28)16-8-4-5-9-19(16)30-23/h1-3,6-7,10-12H,4-5,8-9,13H2,(H2,25,28)(H,26,27). The second kappa shape index (κ2) is 9.02. The van der Waals surface area contributed by atoms with Gasteiger partial charge in [0.05, 0.1) is 10.0 Å². The smallest absolute Gasteiger partial charge is 0.262 e. The summed E-state index contributed by atoms with van der Waals surface area (Å²) in [5.41, 5.74) is 9.19. The summed E-state index contributed by atoms with van der Waals surface area (Å²) < 4.78 is 6.46. The number of nitrogens with one attached hydrogen (secondary N) is 1. The third kappa shape index (κ3) is 4.42. The van der Waals surface area contributed by atoms with Gasteiger partial charge in [-0.1, -0.05) is 36.4 Å². The van der Waals surface area contributed by atoms with Crippen molar-refractivity contribution >= 4 is 44.1 Å². The van der Waals surface area contributed by atoms with Crippen LogP contribution in [0.3, 0.4) is 0 Å². The Kier molecular flexibility index (Phi) is 6.20. The zero-order valence-electron chi connectivity index (χ0n) is 16.2. The summed E-state index contributed by atoms with van der Waals surface area (Å²) in [7, 11) is 0. The van der Waals surface area contributed by atoms with Crippen molar-refractivity contribution in [1.29, 1.82) is 0 Å². The fourth-order valence-electron chi connectivity index (χ4n) is 3.65. The number of nitrogens with two attached hydrogens (primary N) is 1. The molecule has 30 heavy (non-hydrogen) atoms. The van der Waals surface area contributed by atoms with Crippen molar-refractivity contribution in [2.45, 2.75) is 25.7 Å². The molecule has 1 aliphatic rings. The molecule has 3 N–H and O–H groups in total. The highest BCUT2D eigenvalue weighted by Crippen LogP contribution is 2.38. The molecule has 0 bridgehead atoms. The van der Waals surface area contributed by atoms with Gasteiger partial charge < -0.3 is 15.8 Å². The van der Waals surface area contributed by atoms with Crippen LogP contribution in [0.15, 0.2) is 53.0 Å². The van der Waals surface area contributed by atoms with E-state index in [4.69, 9.17) is 10.5 Å². The third-order valence-electron chi connectivity index (χ3n) is 5.07. The predicted molar refractivity (Wildman–Crippen MR) is 123 cm³/mol. The monoisotopic (exact) mass is 484 g/mol. The summed E-state index contributed by atoms with van der Waals surface area (Å²) in [4.78, 5) is 25.6. The third-order valence-corrected chi connectivity index (χ3v) is 6.90. The minimum atomic E-state index is -0.495. The van der Waals surface area contributed by atoms with Crippen LogP contribution >= 0.6 is 27.3 Å². The van der Waals surface area contributed by atoms with E-state index in [-0.39, 0.29) is 12.5 Å². The maximum Gasteiger partial charge on any atom is 0.262 e. The molecule has 7 heteroatoms. The van der Waals surface area contributed by atoms with Gasteiger partial charge in [-0.05, 0) is 70.4 Å². The van der Waals surface area contributed by atoms with Crippen molar-refractivity contribution in [2.75, 3.05) is 11.9 Å². The molecule has 5 nitrogen and oxygen atoms in total. The number of primary amides is 1. The molecule has 0 saturated carbocycles. The Morgan fingerprint density at radius 2 is 1.83 bits per heavy atom. The van der Waals surface area contributed by atoms with Crippen LogP contribution in [0.5, 0.6) is 5.75 Å². The number of benzene rings is 2. The highest BCUT2D eigenvalue weighted by Gasteiger charge is 2.25. The summed E-state index contributed by atoms with van der Waals surface area (Å²) in [5.74, 6) is -0.245. The highest BCUT2D eigenvalue weighted by atomic mass is 79.9. The Morgan fingerprint density at radius 3 is 2.57 bits per heavy atom. The number of thiophene rings is 1. The lowest BCUT2D eigenvalue weighted by Crippen LogP contribution is -2.22. The van der Waals surface area contributed by atoms with Crippen molar-refractivity contribution in [1.82, 2.24) is 0 Å². The maximum absolute atomic E-state index is 12.5. The lowest BCUT2D eigenvalue weighted by atomic mass is 9.95. The molecule has 0 atom stereocenters. The van der Waals surface area contributed by atoms with E-state index in [2.05, 4.69) is 21.2 Å². The van der Waals surface area contributed by atoms with Crippen molar-refractivity contribution in [3.05, 3.63) is 69.0 Å². The fourth-order valence-corrected chi connectivity index (χ4v) is 5.45. The lowest BCUT2D eigenvalue weighted by molar-refractivity contribution is -0.118. The Morgan fingerprint density at radius 1 is 1.07 bits per heavy atom. The highest BCUT2D eigenvalue weighted by molar-refractivity contribution is 9.10. The van der Waals surface area contributed by atoms with Gasteiger partial charge in [0.1, 0.15) is 10.8 Å². The van der Waals surface area contributed by atoms with E-state index in [1.165, 1.54) is 11.3 Å². The number of carbonyl (C=O) groups is 2. The maximum atomic E-state index is 12.5. The van der Waals surface area contributed by atoms with Crippen LogP contribution in [0.25, 0.3) is 11.1 Å². The van der Waals surface area contributed by atoms with Crippen molar-refractivity contribution in [3.63, 3.8) is 0 Å². The van der Waals surface area contributed by atoms with Gasteiger partial charge in [0.15, 0.2) is 6.61 Å². The summed E-state index contributed by atoms with van der Waals surface area (Å²) in [6.45, 7) is -0.163. The number of aryl methyl sites for hydroxylation is 1. The van der Waals surface area contributed by atoms with Gasteiger partial charge in [0.25, 0.3) is 11.8 Å². The molecule has 2 amide bonds. The molecule has 0 spiro atoms. The summed E-state index contributed by atoms with van der Waals surface area (Å²) >= 11 is 4.96. The molecule has 1 aromatic heterocycles. The lowest BCUT2D eigenvalue weighted by Gasteiger charge is -2.11. The fraction of sp³-hybridized carbons (Fsp3) is 0.217. The first-order valence-electron chi connectivity index (χ1n) is 9.75. The van der Waals surface area contributed by atoms with E-state index >= 15 is 0 Å². The predicted octanol–water partition coefficient (Wildman–Crippen LogP) is 5.17. The first-order chi connectivity index (χ1) is 14.5. The number of amides is 2. The number of halogens is 1.